The molecule has 0 aliphatic rings. The molecule has 5 nitrogen and oxygen atoms in total. The molecule has 0 spiro atoms. The molecule has 1 rings (SSSR count). The monoisotopic (exact) mass is 362 g/mol. The second-order valence-corrected chi connectivity index (χ2v) is 6.78. The van der Waals surface area contributed by atoms with E-state index in [9.17, 15) is 9.59 Å². The van der Waals surface area contributed by atoms with E-state index >= 15 is 0 Å². The zero-order valence-electron chi connectivity index (χ0n) is 17.0. The van der Waals surface area contributed by atoms with Crippen LogP contribution in [0.4, 0.5) is 0 Å². The second-order valence-electron chi connectivity index (χ2n) is 6.78. The van der Waals surface area contributed by atoms with Crippen molar-refractivity contribution in [2.75, 3.05) is 39.8 Å². The van der Waals surface area contributed by atoms with E-state index in [1.54, 1.807) is 11.8 Å². The van der Waals surface area contributed by atoms with Crippen LogP contribution < -0.4 is 0 Å². The van der Waals surface area contributed by atoms with Crippen molar-refractivity contribution in [3.05, 3.63) is 35.4 Å². The van der Waals surface area contributed by atoms with Gasteiger partial charge in [0.15, 0.2) is 0 Å². The smallest absolute Gasteiger partial charge is 0.310 e. The highest BCUT2D eigenvalue weighted by atomic mass is 16.5. The van der Waals surface area contributed by atoms with Gasteiger partial charge in [-0.25, -0.2) is 0 Å². The van der Waals surface area contributed by atoms with Gasteiger partial charge in [-0.05, 0) is 51.5 Å². The van der Waals surface area contributed by atoms with E-state index in [0.717, 1.165) is 38.0 Å². The van der Waals surface area contributed by atoms with Crippen LogP contribution in [0.15, 0.2) is 24.3 Å². The Morgan fingerprint density at radius 3 is 2.15 bits per heavy atom. The predicted octanol–water partition coefficient (Wildman–Crippen LogP) is 3.37. The van der Waals surface area contributed by atoms with E-state index in [4.69, 9.17) is 4.74 Å². The Labute approximate surface area is 158 Å². The minimum atomic E-state index is -0.336. The number of carbonyl (C=O) groups is 2. The first kappa shape index (κ1) is 22.2. The van der Waals surface area contributed by atoms with Crippen LogP contribution in [0.3, 0.4) is 0 Å². The number of esters is 1. The molecule has 0 aliphatic carbocycles. The van der Waals surface area contributed by atoms with Crippen LogP contribution >= 0.6 is 0 Å². The number of hydrogen-bond acceptors (Lipinski definition) is 4. The Morgan fingerprint density at radius 1 is 1.04 bits per heavy atom. The molecule has 0 saturated heterocycles. The van der Waals surface area contributed by atoms with Crippen molar-refractivity contribution in [1.82, 2.24) is 9.80 Å². The highest BCUT2D eigenvalue weighted by Crippen LogP contribution is 2.12. The second kappa shape index (κ2) is 11.7. The topological polar surface area (TPSA) is 49.9 Å². The molecule has 26 heavy (non-hydrogen) atoms. The highest BCUT2D eigenvalue weighted by molar-refractivity contribution is 5.94. The van der Waals surface area contributed by atoms with Gasteiger partial charge in [-0.3, -0.25) is 9.59 Å². The summed E-state index contributed by atoms with van der Waals surface area (Å²) in [6.45, 7) is 12.3. The summed E-state index contributed by atoms with van der Waals surface area (Å²) in [5.41, 5.74) is 1.78. The number of unbranched alkanes of at least 4 members (excludes halogenated alkanes) is 1. The molecule has 0 radical (unpaired) electrons. The molecule has 1 aromatic rings. The van der Waals surface area contributed by atoms with Crippen LogP contribution in [0.1, 0.15) is 49.5 Å². The van der Waals surface area contributed by atoms with E-state index < -0.39 is 0 Å². The number of methoxy groups -OCH3 is 1. The highest BCUT2D eigenvalue weighted by Gasteiger charge is 2.22. The zero-order valence-corrected chi connectivity index (χ0v) is 17.0. The van der Waals surface area contributed by atoms with Crippen molar-refractivity contribution in [2.24, 2.45) is 5.92 Å². The molecule has 0 N–H and O–H groups in total. The van der Waals surface area contributed by atoms with Crippen molar-refractivity contribution >= 4 is 11.9 Å². The molecule has 0 aromatic heterocycles. The van der Waals surface area contributed by atoms with Gasteiger partial charge in [-0.15, -0.1) is 0 Å². The standard InChI is InChI=1S/C21H34N2O3/c1-6-22(7-2)14-8-9-15-23(16-18(4)21(25)26-5)20(24)19-12-10-17(3)11-13-19/h10-13,18H,6-9,14-16H2,1-5H3. The Balaban J connectivity index is 2.73. The third-order valence-electron chi connectivity index (χ3n) is 4.73. The number of amides is 1. The van der Waals surface area contributed by atoms with Crippen molar-refractivity contribution in [2.45, 2.75) is 40.5 Å². The minimum Gasteiger partial charge on any atom is -0.469 e. The molecular formula is C21H34N2O3. The molecule has 0 saturated carbocycles. The number of nitrogens with zero attached hydrogens (tertiary/aromatic N) is 2. The van der Waals surface area contributed by atoms with Gasteiger partial charge in [0, 0.05) is 18.7 Å². The fourth-order valence-electron chi connectivity index (χ4n) is 2.94. The molecule has 1 unspecified atom stereocenters. The predicted molar refractivity (Wildman–Crippen MR) is 105 cm³/mol. The quantitative estimate of drug-likeness (QED) is 0.447. The maximum absolute atomic E-state index is 12.9. The lowest BCUT2D eigenvalue weighted by molar-refractivity contribution is -0.145. The summed E-state index contributed by atoms with van der Waals surface area (Å²) in [5, 5.41) is 0. The van der Waals surface area contributed by atoms with Crippen molar-refractivity contribution in [3.63, 3.8) is 0 Å². The van der Waals surface area contributed by atoms with E-state index in [1.165, 1.54) is 7.11 Å². The Hall–Kier alpha value is -1.88. The van der Waals surface area contributed by atoms with Crippen LogP contribution in [-0.4, -0.2) is 61.5 Å². The summed E-state index contributed by atoms with van der Waals surface area (Å²) in [6.07, 6.45) is 1.95. The third kappa shape index (κ3) is 7.16. The van der Waals surface area contributed by atoms with Crippen LogP contribution in [0, 0.1) is 12.8 Å². The number of carbonyl (C=O) groups excluding carboxylic acids is 2. The zero-order chi connectivity index (χ0) is 19.5. The van der Waals surface area contributed by atoms with Crippen LogP contribution in [-0.2, 0) is 9.53 Å². The number of aryl methyl sites for hydroxylation is 1. The molecule has 1 amide bonds. The van der Waals surface area contributed by atoms with Crippen molar-refractivity contribution in [3.8, 4) is 0 Å². The SMILES string of the molecule is CCN(CC)CCCCN(CC(C)C(=O)OC)C(=O)c1ccc(C)cc1. The van der Waals surface area contributed by atoms with Crippen LogP contribution in [0.2, 0.25) is 0 Å². The van der Waals surface area contributed by atoms with E-state index in [2.05, 4.69) is 18.7 Å². The molecular weight excluding hydrogens is 328 g/mol. The van der Waals surface area contributed by atoms with Gasteiger partial charge in [0.25, 0.3) is 5.91 Å². The van der Waals surface area contributed by atoms with Crippen LogP contribution in [0.5, 0.6) is 0 Å². The molecule has 1 aromatic carbocycles. The largest absolute Gasteiger partial charge is 0.469 e. The van der Waals surface area contributed by atoms with Gasteiger partial charge in [0.2, 0.25) is 0 Å². The molecule has 1 atom stereocenters. The molecule has 5 heteroatoms. The van der Waals surface area contributed by atoms with Gasteiger partial charge in [0.05, 0.1) is 13.0 Å². The molecule has 0 fully saturated rings. The van der Waals surface area contributed by atoms with Crippen molar-refractivity contribution < 1.29 is 14.3 Å². The lowest BCUT2D eigenvalue weighted by atomic mass is 10.1. The fourth-order valence-corrected chi connectivity index (χ4v) is 2.94. The number of hydrogen-bond donors (Lipinski definition) is 0. The molecule has 0 aliphatic heterocycles. The average molecular weight is 363 g/mol. The normalized spacial score (nSPS) is 12.1. The first-order valence-electron chi connectivity index (χ1n) is 9.59. The third-order valence-corrected chi connectivity index (χ3v) is 4.73. The van der Waals surface area contributed by atoms with Crippen molar-refractivity contribution in [1.29, 1.82) is 0 Å². The van der Waals surface area contributed by atoms with Gasteiger partial charge >= 0.3 is 5.97 Å². The first-order chi connectivity index (χ1) is 12.4. The summed E-state index contributed by atoms with van der Waals surface area (Å²) in [4.78, 5) is 28.9. The molecule has 0 bridgehead atoms. The first-order valence-corrected chi connectivity index (χ1v) is 9.59. The lowest BCUT2D eigenvalue weighted by Crippen LogP contribution is -2.38. The fraction of sp³-hybridized carbons (Fsp3) is 0.619. The maximum atomic E-state index is 12.9. The molecule has 146 valence electrons. The van der Waals surface area contributed by atoms with E-state index in [0.29, 0.717) is 18.7 Å². The number of ether oxygens (including phenoxy) is 1. The lowest BCUT2D eigenvalue weighted by Gasteiger charge is -2.26. The van der Waals surface area contributed by atoms with E-state index in [-0.39, 0.29) is 17.8 Å². The maximum Gasteiger partial charge on any atom is 0.310 e. The molecule has 0 heterocycles. The summed E-state index contributed by atoms with van der Waals surface area (Å²) >= 11 is 0. The Morgan fingerprint density at radius 2 is 1.62 bits per heavy atom. The van der Waals surface area contributed by atoms with Gasteiger partial charge in [-0.1, -0.05) is 38.5 Å². The number of benzene rings is 1. The van der Waals surface area contributed by atoms with E-state index in [1.807, 2.05) is 31.2 Å². The van der Waals surface area contributed by atoms with Gasteiger partial charge < -0.3 is 14.5 Å². The Kier molecular flexibility index (Phi) is 9.96. The summed E-state index contributed by atoms with van der Waals surface area (Å²) in [6, 6.07) is 7.58. The summed E-state index contributed by atoms with van der Waals surface area (Å²) in [5.74, 6) is -0.643. The Bertz CT molecular complexity index is 553. The summed E-state index contributed by atoms with van der Waals surface area (Å²) in [7, 11) is 1.38. The van der Waals surface area contributed by atoms with Crippen LogP contribution in [0.25, 0.3) is 0 Å². The minimum absolute atomic E-state index is 0.0245. The summed E-state index contributed by atoms with van der Waals surface area (Å²) < 4.78 is 4.82. The van der Waals surface area contributed by atoms with Gasteiger partial charge in [-0.2, -0.15) is 0 Å². The number of rotatable bonds is 11. The average Bonchev–Trinajstić information content (AvgIpc) is 2.66. The van der Waals surface area contributed by atoms with Gasteiger partial charge in [0.1, 0.15) is 0 Å².